The number of hydrogen-bond acceptors (Lipinski definition) is 4. The number of aldehydes is 1. The number of benzene rings is 1. The first kappa shape index (κ1) is 19.7. The van der Waals surface area contributed by atoms with Crippen molar-refractivity contribution in [3.05, 3.63) is 35.4 Å². The number of ether oxygens (including phenoxy) is 3. The van der Waals surface area contributed by atoms with Crippen LogP contribution in [-0.4, -0.2) is 26.5 Å². The molecule has 1 aromatic rings. The zero-order valence-corrected chi connectivity index (χ0v) is 17.3. The molecule has 1 atom stereocenters. The highest BCUT2D eigenvalue weighted by atomic mass is 16.7. The summed E-state index contributed by atoms with van der Waals surface area (Å²) in [5.74, 6) is 3.44. The summed E-state index contributed by atoms with van der Waals surface area (Å²) >= 11 is 0. The van der Waals surface area contributed by atoms with Crippen LogP contribution in [0, 0.1) is 17.8 Å². The largest absolute Gasteiger partial charge is 0.467 e. The van der Waals surface area contributed by atoms with Gasteiger partial charge in [-0.25, -0.2) is 0 Å². The van der Waals surface area contributed by atoms with Crippen LogP contribution in [0.2, 0.25) is 0 Å². The van der Waals surface area contributed by atoms with Gasteiger partial charge in [-0.3, -0.25) is 4.79 Å². The molecule has 4 aliphatic carbocycles. The fourth-order valence-electron chi connectivity index (χ4n) is 6.25. The zero-order chi connectivity index (χ0) is 19.7. The first-order valence-corrected chi connectivity index (χ1v) is 10.6. The molecule has 1 unspecified atom stereocenters. The summed E-state index contributed by atoms with van der Waals surface area (Å²) in [7, 11) is 1.62. The molecule has 0 radical (unpaired) electrons. The minimum absolute atomic E-state index is 0.165. The van der Waals surface area contributed by atoms with Crippen molar-refractivity contribution >= 4 is 11.9 Å². The van der Waals surface area contributed by atoms with Crippen molar-refractivity contribution in [2.75, 3.05) is 13.9 Å². The number of rotatable bonds is 8. The molecule has 1 aromatic carbocycles. The van der Waals surface area contributed by atoms with Crippen LogP contribution >= 0.6 is 0 Å². The fraction of sp³-hybridized carbons (Fsp3) is 0.625. The number of carbonyl (C=O) groups excluding carboxylic acids is 1. The Kier molecular flexibility index (Phi) is 5.62. The van der Waals surface area contributed by atoms with E-state index in [1.807, 2.05) is 32.1 Å². The topological polar surface area (TPSA) is 44.8 Å². The Balaban J connectivity index is 1.68. The summed E-state index contributed by atoms with van der Waals surface area (Å²) in [4.78, 5) is 11.5. The van der Waals surface area contributed by atoms with E-state index in [4.69, 9.17) is 14.2 Å². The Morgan fingerprint density at radius 1 is 1.18 bits per heavy atom. The maximum absolute atomic E-state index is 11.5. The maximum Gasteiger partial charge on any atom is 0.191 e. The van der Waals surface area contributed by atoms with Gasteiger partial charge in [-0.05, 0) is 93.2 Å². The molecule has 0 heterocycles. The van der Waals surface area contributed by atoms with E-state index in [2.05, 4.69) is 6.07 Å². The minimum atomic E-state index is -0.299. The molecule has 4 aliphatic rings. The molecule has 5 rings (SSSR count). The minimum Gasteiger partial charge on any atom is -0.467 e. The van der Waals surface area contributed by atoms with Gasteiger partial charge in [0.2, 0.25) is 0 Å². The van der Waals surface area contributed by atoms with Crippen LogP contribution in [0.4, 0.5) is 0 Å². The molecule has 0 amide bonds. The van der Waals surface area contributed by atoms with Crippen LogP contribution < -0.4 is 4.74 Å². The molecule has 0 saturated heterocycles. The molecule has 0 aromatic heterocycles. The van der Waals surface area contributed by atoms with Crippen LogP contribution in [0.15, 0.2) is 24.3 Å². The molecule has 28 heavy (non-hydrogen) atoms. The Morgan fingerprint density at radius 2 is 1.82 bits per heavy atom. The molecule has 0 N–H and O–H groups in total. The number of methoxy groups -OCH3 is 1. The Labute approximate surface area is 168 Å². The van der Waals surface area contributed by atoms with Crippen molar-refractivity contribution < 1.29 is 19.0 Å². The second-order valence-corrected chi connectivity index (χ2v) is 9.00. The number of carbonyl (C=O) groups is 1. The lowest BCUT2D eigenvalue weighted by atomic mass is 9.48. The summed E-state index contributed by atoms with van der Waals surface area (Å²) < 4.78 is 16.8. The summed E-state index contributed by atoms with van der Waals surface area (Å²) in [5, 5.41) is 0. The van der Waals surface area contributed by atoms with E-state index in [0.717, 1.165) is 40.9 Å². The van der Waals surface area contributed by atoms with Crippen molar-refractivity contribution in [3.8, 4) is 5.75 Å². The zero-order valence-electron chi connectivity index (χ0n) is 17.3. The van der Waals surface area contributed by atoms with Gasteiger partial charge >= 0.3 is 0 Å². The lowest BCUT2D eigenvalue weighted by Crippen LogP contribution is -2.48. The molecular weight excluding hydrogens is 352 g/mol. The third-order valence-corrected chi connectivity index (χ3v) is 7.21. The van der Waals surface area contributed by atoms with E-state index in [1.54, 1.807) is 7.11 Å². The van der Waals surface area contributed by atoms with Gasteiger partial charge in [0.05, 0.1) is 0 Å². The van der Waals surface area contributed by atoms with Crippen molar-refractivity contribution in [1.29, 1.82) is 0 Å². The highest BCUT2D eigenvalue weighted by Gasteiger charge is 2.52. The van der Waals surface area contributed by atoms with E-state index in [-0.39, 0.29) is 18.5 Å². The lowest BCUT2D eigenvalue weighted by Gasteiger charge is -2.57. The molecule has 4 saturated carbocycles. The molecule has 0 aliphatic heterocycles. The smallest absolute Gasteiger partial charge is 0.191 e. The van der Waals surface area contributed by atoms with Crippen molar-refractivity contribution in [2.24, 2.45) is 17.8 Å². The van der Waals surface area contributed by atoms with Gasteiger partial charge in [-0.1, -0.05) is 12.1 Å². The van der Waals surface area contributed by atoms with Crippen LogP contribution in [0.25, 0.3) is 5.57 Å². The summed E-state index contributed by atoms with van der Waals surface area (Å²) in [6.45, 7) is 3.94. The maximum atomic E-state index is 11.5. The Morgan fingerprint density at radius 3 is 2.36 bits per heavy atom. The molecule has 152 valence electrons. The number of hydrogen-bond donors (Lipinski definition) is 0. The van der Waals surface area contributed by atoms with Gasteiger partial charge in [0.25, 0.3) is 0 Å². The van der Waals surface area contributed by atoms with E-state index in [9.17, 15) is 4.79 Å². The Hall–Kier alpha value is -1.65. The third kappa shape index (κ3) is 3.65. The molecule has 4 nitrogen and oxygen atoms in total. The highest BCUT2D eigenvalue weighted by Crippen LogP contribution is 2.62. The molecule has 4 heteroatoms. The molecule has 0 spiro atoms. The Bertz CT molecular complexity index is 716. The summed E-state index contributed by atoms with van der Waals surface area (Å²) in [5.41, 5.74) is 3.19. The van der Waals surface area contributed by atoms with Gasteiger partial charge in [-0.2, -0.15) is 0 Å². The first-order valence-electron chi connectivity index (χ1n) is 10.6. The average molecular weight is 385 g/mol. The summed E-state index contributed by atoms with van der Waals surface area (Å²) in [6, 6.07) is 6.23. The average Bonchev–Trinajstić information content (AvgIpc) is 2.68. The van der Waals surface area contributed by atoms with Crippen molar-refractivity contribution in [2.45, 2.75) is 64.1 Å². The highest BCUT2D eigenvalue weighted by molar-refractivity contribution is 6.06. The van der Waals surface area contributed by atoms with Crippen LogP contribution in [0.5, 0.6) is 5.75 Å². The first-order chi connectivity index (χ1) is 13.6. The second-order valence-electron chi connectivity index (χ2n) is 9.00. The molecule has 4 bridgehead atoms. The summed E-state index contributed by atoms with van der Waals surface area (Å²) in [6.07, 6.45) is 10.5. The predicted octanol–water partition coefficient (Wildman–Crippen LogP) is 5.10. The van der Waals surface area contributed by atoms with Gasteiger partial charge in [0.15, 0.2) is 13.1 Å². The van der Waals surface area contributed by atoms with E-state index in [0.29, 0.717) is 0 Å². The van der Waals surface area contributed by atoms with Crippen LogP contribution in [0.3, 0.4) is 0 Å². The normalized spacial score (nSPS) is 32.4. The van der Waals surface area contributed by atoms with E-state index < -0.39 is 0 Å². The molecular formula is C24H32O4. The molecule has 4 fully saturated rings. The SMILES string of the molecule is CC=C(C=O)c1ccc(OCOC(C)OC)c(C23CC4CC(CC(C4)C2)C3)c1. The standard InChI is InChI=1S/C24H32O4/c1-4-20(14-25)21-5-6-23(28-15-27-16(2)26-3)22(10-21)24-11-17-7-18(12-24)9-19(8-17)13-24/h4-6,10,14,16-19H,7-9,11-13,15H2,1-3H3. The van der Waals surface area contributed by atoms with Gasteiger partial charge in [0, 0.05) is 18.2 Å². The third-order valence-electron chi connectivity index (χ3n) is 7.21. The monoisotopic (exact) mass is 384 g/mol. The number of allylic oxidation sites excluding steroid dienone is 2. The lowest BCUT2D eigenvalue weighted by molar-refractivity contribution is -0.150. The van der Waals surface area contributed by atoms with Crippen molar-refractivity contribution in [1.82, 2.24) is 0 Å². The van der Waals surface area contributed by atoms with E-state index in [1.165, 1.54) is 44.1 Å². The van der Waals surface area contributed by atoms with Gasteiger partial charge < -0.3 is 14.2 Å². The van der Waals surface area contributed by atoms with Crippen LogP contribution in [-0.2, 0) is 19.7 Å². The second kappa shape index (κ2) is 8.00. The van der Waals surface area contributed by atoms with Crippen molar-refractivity contribution in [3.63, 3.8) is 0 Å². The predicted molar refractivity (Wildman–Crippen MR) is 109 cm³/mol. The fourth-order valence-corrected chi connectivity index (χ4v) is 6.25. The quantitative estimate of drug-likeness (QED) is 0.355. The van der Waals surface area contributed by atoms with E-state index >= 15 is 0 Å². The van der Waals surface area contributed by atoms with Gasteiger partial charge in [-0.15, -0.1) is 0 Å². The van der Waals surface area contributed by atoms with Crippen LogP contribution in [0.1, 0.15) is 63.5 Å². The van der Waals surface area contributed by atoms with Gasteiger partial charge in [0.1, 0.15) is 12.0 Å².